The van der Waals surface area contributed by atoms with Crippen molar-refractivity contribution in [3.05, 3.63) is 41.6 Å². The monoisotopic (exact) mass is 287 g/mol. The Morgan fingerprint density at radius 3 is 2.86 bits per heavy atom. The number of nitrogens with zero attached hydrogens (tertiary/aromatic N) is 3. The fraction of sp³-hybridized carbons (Fsp3) is 0.500. The molecule has 2 heterocycles. The lowest BCUT2D eigenvalue weighted by Gasteiger charge is -2.40. The van der Waals surface area contributed by atoms with Gasteiger partial charge in [0.1, 0.15) is 5.75 Å². The highest BCUT2D eigenvalue weighted by atomic mass is 16.5. The molecule has 2 aromatic rings. The molecule has 112 valence electrons. The highest BCUT2D eigenvalue weighted by molar-refractivity contribution is 5.31. The van der Waals surface area contributed by atoms with Gasteiger partial charge in [-0.25, -0.2) is 0 Å². The van der Waals surface area contributed by atoms with Gasteiger partial charge in [0.25, 0.3) is 0 Å². The third-order valence-electron chi connectivity index (χ3n) is 3.92. The van der Waals surface area contributed by atoms with Crippen molar-refractivity contribution in [3.8, 4) is 5.75 Å². The molecule has 0 N–H and O–H groups in total. The number of aromatic nitrogens is 2. The fourth-order valence-corrected chi connectivity index (χ4v) is 2.59. The lowest BCUT2D eigenvalue weighted by molar-refractivity contribution is 0.0709. The van der Waals surface area contributed by atoms with Crippen molar-refractivity contribution in [1.29, 1.82) is 0 Å². The van der Waals surface area contributed by atoms with Crippen LogP contribution in [0.3, 0.4) is 0 Å². The molecule has 3 rings (SSSR count). The number of ether oxygens (including phenoxy) is 1. The normalized spacial score (nSPS) is 18.8. The first-order valence-corrected chi connectivity index (χ1v) is 7.37. The van der Waals surface area contributed by atoms with Gasteiger partial charge >= 0.3 is 0 Å². The molecule has 0 unspecified atom stereocenters. The molecule has 1 aliphatic rings. The number of hydrogen-bond donors (Lipinski definition) is 0. The van der Waals surface area contributed by atoms with Gasteiger partial charge in [0, 0.05) is 18.5 Å². The van der Waals surface area contributed by atoms with Crippen molar-refractivity contribution in [2.24, 2.45) is 0 Å². The molecule has 21 heavy (non-hydrogen) atoms. The van der Waals surface area contributed by atoms with Gasteiger partial charge in [-0.3, -0.25) is 4.90 Å². The van der Waals surface area contributed by atoms with Crippen LogP contribution in [0.5, 0.6) is 5.75 Å². The zero-order valence-electron chi connectivity index (χ0n) is 12.7. The summed E-state index contributed by atoms with van der Waals surface area (Å²) < 4.78 is 11.0. The number of likely N-dealkylation sites (tertiary alicyclic amines) is 1. The van der Waals surface area contributed by atoms with E-state index in [0.717, 1.165) is 18.7 Å². The van der Waals surface area contributed by atoms with Crippen molar-refractivity contribution in [2.75, 3.05) is 13.7 Å². The zero-order chi connectivity index (χ0) is 14.8. The van der Waals surface area contributed by atoms with Gasteiger partial charge in [0.15, 0.2) is 0 Å². The lowest BCUT2D eigenvalue weighted by Crippen LogP contribution is -2.40. The molecule has 1 aromatic heterocycles. The van der Waals surface area contributed by atoms with Crippen molar-refractivity contribution < 1.29 is 9.15 Å². The van der Waals surface area contributed by atoms with Crippen LogP contribution in [0.4, 0.5) is 0 Å². The Morgan fingerprint density at radius 2 is 2.24 bits per heavy atom. The first-order valence-electron chi connectivity index (χ1n) is 7.37. The van der Waals surface area contributed by atoms with Crippen LogP contribution in [-0.2, 0) is 6.54 Å². The number of benzene rings is 1. The summed E-state index contributed by atoms with van der Waals surface area (Å²) in [5.41, 5.74) is 1.28. The van der Waals surface area contributed by atoms with E-state index in [1.807, 2.05) is 12.1 Å². The quantitative estimate of drug-likeness (QED) is 0.845. The molecule has 0 aliphatic carbocycles. The van der Waals surface area contributed by atoms with E-state index < -0.39 is 0 Å². The molecule has 1 aliphatic heterocycles. The van der Waals surface area contributed by atoms with Crippen LogP contribution in [-0.4, -0.2) is 28.8 Å². The number of rotatable bonds is 5. The topological polar surface area (TPSA) is 51.4 Å². The van der Waals surface area contributed by atoms with Gasteiger partial charge in [-0.2, -0.15) is 0 Å². The second kappa shape index (κ2) is 5.85. The minimum Gasteiger partial charge on any atom is -0.497 e. The van der Waals surface area contributed by atoms with Crippen LogP contribution < -0.4 is 4.74 Å². The summed E-state index contributed by atoms with van der Waals surface area (Å²) in [5.74, 6) is 2.59. The molecule has 0 saturated carbocycles. The van der Waals surface area contributed by atoms with E-state index in [2.05, 4.69) is 41.1 Å². The van der Waals surface area contributed by atoms with Crippen LogP contribution in [0.25, 0.3) is 0 Å². The Bertz CT molecular complexity index is 609. The number of hydrogen-bond acceptors (Lipinski definition) is 5. The van der Waals surface area contributed by atoms with E-state index >= 15 is 0 Å². The van der Waals surface area contributed by atoms with Crippen molar-refractivity contribution >= 4 is 0 Å². The smallest absolute Gasteiger partial charge is 0.230 e. The molecule has 1 saturated heterocycles. The predicted molar refractivity (Wildman–Crippen MR) is 79.1 cm³/mol. The second-order valence-corrected chi connectivity index (χ2v) is 5.74. The van der Waals surface area contributed by atoms with Crippen molar-refractivity contribution in [3.63, 3.8) is 0 Å². The standard InChI is InChI=1S/C16H21N3O2/c1-11(2)16-18-17-15(21-16)10-19-8-7-14(19)12-5-4-6-13(9-12)20-3/h4-6,9,11,14H,7-8,10H2,1-3H3/t14-/m1/s1. The maximum atomic E-state index is 5.69. The second-order valence-electron chi connectivity index (χ2n) is 5.74. The molecule has 0 bridgehead atoms. The maximum absolute atomic E-state index is 5.69. The van der Waals surface area contributed by atoms with Crippen molar-refractivity contribution in [1.82, 2.24) is 15.1 Å². The summed E-state index contributed by atoms with van der Waals surface area (Å²) >= 11 is 0. The van der Waals surface area contributed by atoms with Gasteiger partial charge in [-0.05, 0) is 24.1 Å². The fourth-order valence-electron chi connectivity index (χ4n) is 2.59. The minimum atomic E-state index is 0.275. The molecule has 5 heteroatoms. The molecule has 1 aromatic carbocycles. The van der Waals surface area contributed by atoms with E-state index in [1.165, 1.54) is 5.56 Å². The van der Waals surface area contributed by atoms with Gasteiger partial charge < -0.3 is 9.15 Å². The Morgan fingerprint density at radius 1 is 1.38 bits per heavy atom. The van der Waals surface area contributed by atoms with Gasteiger partial charge in [0.05, 0.1) is 13.7 Å². The average molecular weight is 287 g/mol. The molecule has 0 radical (unpaired) electrons. The molecular weight excluding hydrogens is 266 g/mol. The average Bonchev–Trinajstić information content (AvgIpc) is 2.93. The Hall–Kier alpha value is -1.88. The highest BCUT2D eigenvalue weighted by Crippen LogP contribution is 2.35. The van der Waals surface area contributed by atoms with E-state index in [9.17, 15) is 0 Å². The molecule has 1 atom stereocenters. The highest BCUT2D eigenvalue weighted by Gasteiger charge is 2.30. The summed E-state index contributed by atoms with van der Waals surface area (Å²) in [6.45, 7) is 5.88. The summed E-state index contributed by atoms with van der Waals surface area (Å²) in [4.78, 5) is 2.35. The Labute approximate surface area is 124 Å². The third kappa shape index (κ3) is 2.93. The van der Waals surface area contributed by atoms with Crippen LogP contribution in [0.1, 0.15) is 49.6 Å². The van der Waals surface area contributed by atoms with E-state index in [1.54, 1.807) is 7.11 Å². The van der Waals surface area contributed by atoms with E-state index in [0.29, 0.717) is 24.4 Å². The van der Waals surface area contributed by atoms with Gasteiger partial charge in [-0.1, -0.05) is 26.0 Å². The summed E-state index contributed by atoms with van der Waals surface area (Å²) in [6.07, 6.45) is 1.15. The van der Waals surface area contributed by atoms with E-state index in [4.69, 9.17) is 9.15 Å². The summed E-state index contributed by atoms with van der Waals surface area (Å²) in [6, 6.07) is 8.67. The van der Waals surface area contributed by atoms with Crippen LogP contribution in [0, 0.1) is 0 Å². The molecule has 5 nitrogen and oxygen atoms in total. The largest absolute Gasteiger partial charge is 0.497 e. The van der Waals surface area contributed by atoms with Crippen LogP contribution in [0.15, 0.2) is 28.7 Å². The minimum absolute atomic E-state index is 0.275. The lowest BCUT2D eigenvalue weighted by atomic mass is 9.94. The zero-order valence-corrected chi connectivity index (χ0v) is 12.7. The maximum Gasteiger partial charge on any atom is 0.230 e. The third-order valence-corrected chi connectivity index (χ3v) is 3.92. The number of methoxy groups -OCH3 is 1. The summed E-state index contributed by atoms with van der Waals surface area (Å²) in [7, 11) is 1.70. The summed E-state index contributed by atoms with van der Waals surface area (Å²) in [5, 5.41) is 8.23. The predicted octanol–water partition coefficient (Wildman–Crippen LogP) is 3.15. The molecule has 0 spiro atoms. The molecular formula is C16H21N3O2. The molecule has 0 amide bonds. The Kier molecular flexibility index (Phi) is 3.92. The van der Waals surface area contributed by atoms with Crippen LogP contribution >= 0.6 is 0 Å². The molecule has 1 fully saturated rings. The van der Waals surface area contributed by atoms with Crippen LogP contribution in [0.2, 0.25) is 0 Å². The van der Waals surface area contributed by atoms with Crippen molar-refractivity contribution in [2.45, 2.75) is 38.8 Å². The van der Waals surface area contributed by atoms with Gasteiger partial charge in [0.2, 0.25) is 11.8 Å². The Balaban J connectivity index is 1.68. The first kappa shape index (κ1) is 14.1. The van der Waals surface area contributed by atoms with E-state index in [-0.39, 0.29) is 5.92 Å². The van der Waals surface area contributed by atoms with Gasteiger partial charge in [-0.15, -0.1) is 10.2 Å². The SMILES string of the molecule is COc1cccc([C@H]2CCN2Cc2nnc(C(C)C)o2)c1. The first-order chi connectivity index (χ1) is 10.2.